The third-order valence-corrected chi connectivity index (χ3v) is 4.49. The molecular weight excluding hydrogens is 367 g/mol. The molecule has 2 rings (SSSR count). The standard InChI is InChI=1S/C15H15FN4O5S/c1-15(2,3)10-8-7-9(13(16)17-10)14(21)19-26(24,25)12-6-4-5-11(18-12)20(22)23/h4-8H,1-3H3,(H,19,21). The molecule has 9 nitrogen and oxygen atoms in total. The monoisotopic (exact) mass is 382 g/mol. The molecule has 26 heavy (non-hydrogen) atoms. The SMILES string of the molecule is CC(C)(C)c1ccc(C(=O)NS(=O)(=O)c2cccc([N+](=O)[O-])n2)c(F)n1. The van der Waals surface area contributed by atoms with Gasteiger partial charge in [-0.2, -0.15) is 12.8 Å². The smallest absolute Gasteiger partial charge is 0.358 e. The van der Waals surface area contributed by atoms with Crippen molar-refractivity contribution < 1.29 is 22.5 Å². The number of rotatable bonds is 4. The lowest BCUT2D eigenvalue weighted by molar-refractivity contribution is -0.390. The van der Waals surface area contributed by atoms with Crippen LogP contribution in [0.3, 0.4) is 0 Å². The van der Waals surface area contributed by atoms with Gasteiger partial charge in [-0.25, -0.2) is 9.71 Å². The van der Waals surface area contributed by atoms with E-state index in [0.717, 1.165) is 24.3 Å². The second-order valence-electron chi connectivity index (χ2n) is 6.31. The number of carbonyl (C=O) groups excluding carboxylic acids is 1. The highest BCUT2D eigenvalue weighted by molar-refractivity contribution is 7.90. The minimum atomic E-state index is -4.53. The first-order chi connectivity index (χ1) is 11.9. The molecule has 0 radical (unpaired) electrons. The Morgan fingerprint density at radius 1 is 1.19 bits per heavy atom. The first kappa shape index (κ1) is 19.4. The number of aromatic nitrogens is 2. The lowest BCUT2D eigenvalue weighted by Crippen LogP contribution is -2.32. The number of nitrogens with zero attached hydrogens (tertiary/aromatic N) is 3. The van der Waals surface area contributed by atoms with Crippen molar-refractivity contribution in [1.82, 2.24) is 14.7 Å². The van der Waals surface area contributed by atoms with Gasteiger partial charge < -0.3 is 10.1 Å². The Balaban J connectivity index is 2.32. The molecule has 0 aliphatic rings. The first-order valence-electron chi connectivity index (χ1n) is 7.27. The highest BCUT2D eigenvalue weighted by atomic mass is 32.2. The van der Waals surface area contributed by atoms with Crippen LogP contribution in [0.15, 0.2) is 35.4 Å². The van der Waals surface area contributed by atoms with E-state index in [-0.39, 0.29) is 0 Å². The summed E-state index contributed by atoms with van der Waals surface area (Å²) in [6.45, 7) is 5.40. The Labute approximate surface area is 148 Å². The van der Waals surface area contributed by atoms with Crippen LogP contribution in [0.1, 0.15) is 36.8 Å². The van der Waals surface area contributed by atoms with Crippen LogP contribution in [0, 0.1) is 16.1 Å². The van der Waals surface area contributed by atoms with Crippen LogP contribution in [-0.2, 0) is 15.4 Å². The third-order valence-electron chi connectivity index (χ3n) is 3.26. The number of carbonyl (C=O) groups is 1. The fourth-order valence-electron chi connectivity index (χ4n) is 1.91. The maximum Gasteiger partial charge on any atom is 0.364 e. The van der Waals surface area contributed by atoms with Gasteiger partial charge in [-0.15, -0.1) is 0 Å². The molecule has 0 bridgehead atoms. The Hall–Kier alpha value is -2.95. The van der Waals surface area contributed by atoms with Crippen molar-refractivity contribution in [2.45, 2.75) is 31.2 Å². The van der Waals surface area contributed by atoms with Crippen molar-refractivity contribution in [3.8, 4) is 0 Å². The predicted molar refractivity (Wildman–Crippen MR) is 88.4 cm³/mol. The van der Waals surface area contributed by atoms with Crippen LogP contribution in [0.5, 0.6) is 0 Å². The summed E-state index contributed by atoms with van der Waals surface area (Å²) in [5, 5.41) is 9.95. The van der Waals surface area contributed by atoms with Crippen LogP contribution in [-0.4, -0.2) is 29.2 Å². The lowest BCUT2D eigenvalue weighted by atomic mass is 9.91. The molecule has 0 saturated heterocycles. The topological polar surface area (TPSA) is 132 Å². The maximum atomic E-state index is 14.1. The molecule has 2 aromatic heterocycles. The van der Waals surface area contributed by atoms with Crippen LogP contribution in [0.2, 0.25) is 0 Å². The van der Waals surface area contributed by atoms with E-state index in [9.17, 15) is 27.7 Å². The third kappa shape index (κ3) is 4.17. The first-order valence-corrected chi connectivity index (χ1v) is 8.76. The van der Waals surface area contributed by atoms with Crippen molar-refractivity contribution in [1.29, 1.82) is 0 Å². The zero-order valence-electron chi connectivity index (χ0n) is 14.1. The molecule has 1 amide bonds. The van der Waals surface area contributed by atoms with Crippen LogP contribution in [0.4, 0.5) is 10.2 Å². The molecule has 11 heteroatoms. The fourth-order valence-corrected chi connectivity index (χ4v) is 2.84. The summed E-state index contributed by atoms with van der Waals surface area (Å²) in [6.07, 6.45) is 0. The lowest BCUT2D eigenvalue weighted by Gasteiger charge is -2.17. The molecule has 2 heterocycles. The van der Waals surface area contributed by atoms with E-state index in [2.05, 4.69) is 9.97 Å². The molecule has 1 N–H and O–H groups in total. The summed E-state index contributed by atoms with van der Waals surface area (Å²) in [6, 6.07) is 5.60. The summed E-state index contributed by atoms with van der Waals surface area (Å²) < 4.78 is 40.1. The van der Waals surface area contributed by atoms with Gasteiger partial charge in [0, 0.05) is 23.2 Å². The minimum Gasteiger partial charge on any atom is -0.358 e. The van der Waals surface area contributed by atoms with Gasteiger partial charge in [0.2, 0.25) is 5.95 Å². The van der Waals surface area contributed by atoms with E-state index in [1.165, 1.54) is 6.07 Å². The van der Waals surface area contributed by atoms with E-state index < -0.39 is 48.6 Å². The molecule has 138 valence electrons. The maximum absolute atomic E-state index is 14.1. The van der Waals surface area contributed by atoms with E-state index in [1.54, 1.807) is 25.5 Å². The predicted octanol–water partition coefficient (Wildman–Crippen LogP) is 1.94. The second kappa shape index (κ2) is 6.75. The van der Waals surface area contributed by atoms with Gasteiger partial charge in [0.1, 0.15) is 0 Å². The molecule has 0 spiro atoms. The summed E-state index contributed by atoms with van der Waals surface area (Å²) in [7, 11) is -4.53. The number of hydrogen-bond donors (Lipinski definition) is 1. The van der Waals surface area contributed by atoms with Gasteiger partial charge in [0.25, 0.3) is 10.9 Å². The zero-order chi connectivity index (χ0) is 19.7. The Morgan fingerprint density at radius 2 is 1.85 bits per heavy atom. The van der Waals surface area contributed by atoms with Crippen molar-refractivity contribution in [3.05, 3.63) is 57.7 Å². The molecule has 0 fully saturated rings. The average Bonchev–Trinajstić information content (AvgIpc) is 2.53. The van der Waals surface area contributed by atoms with Crippen molar-refractivity contribution in [2.75, 3.05) is 0 Å². The molecule has 0 aliphatic carbocycles. The molecule has 0 unspecified atom stereocenters. The van der Waals surface area contributed by atoms with Gasteiger partial charge in [-0.05, 0) is 28.1 Å². The largest absolute Gasteiger partial charge is 0.364 e. The van der Waals surface area contributed by atoms with Crippen LogP contribution >= 0.6 is 0 Å². The quantitative estimate of drug-likeness (QED) is 0.485. The Kier molecular flexibility index (Phi) is 5.03. The van der Waals surface area contributed by atoms with E-state index >= 15 is 0 Å². The van der Waals surface area contributed by atoms with Gasteiger partial charge in [-0.1, -0.05) is 20.8 Å². The number of nitro groups is 1. The highest BCUT2D eigenvalue weighted by Gasteiger charge is 2.28. The molecule has 0 aromatic carbocycles. The molecule has 0 atom stereocenters. The van der Waals surface area contributed by atoms with E-state index in [4.69, 9.17) is 0 Å². The van der Waals surface area contributed by atoms with Gasteiger partial charge in [-0.3, -0.25) is 4.79 Å². The fraction of sp³-hybridized carbons (Fsp3) is 0.267. The summed E-state index contributed by atoms with van der Waals surface area (Å²) in [5.41, 5.74) is -0.656. The highest BCUT2D eigenvalue weighted by Crippen LogP contribution is 2.21. The Morgan fingerprint density at radius 3 is 2.38 bits per heavy atom. The minimum absolute atomic E-state index is 0.384. The Bertz CT molecular complexity index is 986. The molecule has 0 saturated carbocycles. The number of sulfonamides is 1. The van der Waals surface area contributed by atoms with Gasteiger partial charge >= 0.3 is 15.8 Å². The molecule has 0 aliphatic heterocycles. The van der Waals surface area contributed by atoms with Crippen molar-refractivity contribution in [3.63, 3.8) is 0 Å². The number of amides is 1. The summed E-state index contributed by atoms with van der Waals surface area (Å²) in [4.78, 5) is 28.9. The second-order valence-corrected chi connectivity index (χ2v) is 7.94. The van der Waals surface area contributed by atoms with E-state index in [1.807, 2.05) is 0 Å². The molecular formula is C15H15FN4O5S. The number of pyridine rings is 2. The van der Waals surface area contributed by atoms with Crippen LogP contribution in [0.25, 0.3) is 0 Å². The average molecular weight is 382 g/mol. The van der Waals surface area contributed by atoms with Crippen molar-refractivity contribution >= 4 is 21.7 Å². The zero-order valence-corrected chi connectivity index (χ0v) is 14.9. The van der Waals surface area contributed by atoms with E-state index in [0.29, 0.717) is 5.69 Å². The summed E-state index contributed by atoms with van der Waals surface area (Å²) in [5.74, 6) is -3.09. The van der Waals surface area contributed by atoms with Gasteiger partial charge in [0.05, 0.1) is 5.56 Å². The number of halogens is 1. The number of nitrogens with one attached hydrogen (secondary N) is 1. The normalized spacial score (nSPS) is 11.8. The van der Waals surface area contributed by atoms with Gasteiger partial charge in [0.15, 0.2) is 0 Å². The van der Waals surface area contributed by atoms with Crippen LogP contribution < -0.4 is 4.72 Å². The summed E-state index contributed by atoms with van der Waals surface area (Å²) >= 11 is 0. The molecule has 2 aromatic rings. The van der Waals surface area contributed by atoms with Crippen molar-refractivity contribution in [2.24, 2.45) is 0 Å². The number of hydrogen-bond acceptors (Lipinski definition) is 7.